The van der Waals surface area contributed by atoms with E-state index in [1.54, 1.807) is 12.1 Å². The van der Waals surface area contributed by atoms with Crippen LogP contribution in [0.15, 0.2) is 48.1 Å². The van der Waals surface area contributed by atoms with E-state index < -0.39 is 10.0 Å². The monoisotopic (exact) mass is 356 g/mol. The molecule has 8 nitrogen and oxygen atoms in total. The van der Waals surface area contributed by atoms with Gasteiger partial charge in [-0.25, -0.2) is 28.1 Å². The summed E-state index contributed by atoms with van der Waals surface area (Å²) in [5.74, 6) is 0.605. The topological polar surface area (TPSA) is 103 Å². The summed E-state index contributed by atoms with van der Waals surface area (Å²) in [5, 5.41) is 3.97. The molecule has 0 atom stereocenters. The fourth-order valence-corrected chi connectivity index (χ4v) is 3.98. The average Bonchev–Trinajstić information content (AvgIpc) is 3.16. The summed E-state index contributed by atoms with van der Waals surface area (Å²) in [5.41, 5.74) is 2.35. The number of fused-ring (bicyclic) bond motifs is 1. The lowest BCUT2D eigenvalue weighted by atomic mass is 9.92. The zero-order valence-electron chi connectivity index (χ0n) is 13.3. The molecule has 0 aliphatic heterocycles. The highest BCUT2D eigenvalue weighted by atomic mass is 32.2. The minimum Gasteiger partial charge on any atom is -0.263 e. The fourth-order valence-electron chi connectivity index (χ4n) is 2.93. The van der Waals surface area contributed by atoms with E-state index in [1.165, 1.54) is 35.3 Å². The molecule has 0 bridgehead atoms. The summed E-state index contributed by atoms with van der Waals surface area (Å²) >= 11 is 0. The molecule has 0 radical (unpaired) electrons. The van der Waals surface area contributed by atoms with Gasteiger partial charge in [0.15, 0.2) is 5.82 Å². The SMILES string of the molecule is O=S(=O)(Nc1cc(-n2cncn2)ncn1)c1ccc2c(c1)CCCC2. The number of hydrogen-bond donors (Lipinski definition) is 1. The van der Waals surface area contributed by atoms with E-state index in [2.05, 4.69) is 24.8 Å². The standard InChI is InChI=1S/C16H16N6O2S/c23-25(24,14-6-5-12-3-1-2-4-13(12)7-14)21-15-8-16(19-10-18-15)22-11-17-9-20-22/h5-11H,1-4H2,(H,18,19,21). The molecule has 0 saturated heterocycles. The Bertz CT molecular complexity index is 1000. The van der Waals surface area contributed by atoms with E-state index in [0.29, 0.717) is 5.82 Å². The molecule has 3 aromatic rings. The molecule has 2 heterocycles. The molecule has 0 fully saturated rings. The maximum atomic E-state index is 12.7. The van der Waals surface area contributed by atoms with Crippen molar-refractivity contribution in [1.82, 2.24) is 24.7 Å². The third-order valence-electron chi connectivity index (χ3n) is 4.18. The first-order valence-corrected chi connectivity index (χ1v) is 9.42. The zero-order chi connectivity index (χ0) is 17.3. The van der Waals surface area contributed by atoms with Crippen LogP contribution in [0, 0.1) is 0 Å². The minimum absolute atomic E-state index is 0.179. The number of aryl methyl sites for hydroxylation is 2. The Morgan fingerprint density at radius 3 is 2.64 bits per heavy atom. The Hall–Kier alpha value is -2.81. The van der Waals surface area contributed by atoms with E-state index >= 15 is 0 Å². The lowest BCUT2D eigenvalue weighted by Crippen LogP contribution is -2.15. The first kappa shape index (κ1) is 15.7. The largest absolute Gasteiger partial charge is 0.263 e. The van der Waals surface area contributed by atoms with Crippen LogP contribution in [0.1, 0.15) is 24.0 Å². The van der Waals surface area contributed by atoms with Gasteiger partial charge in [0, 0.05) is 6.07 Å². The maximum absolute atomic E-state index is 12.7. The van der Waals surface area contributed by atoms with Crippen LogP contribution in [0.5, 0.6) is 0 Å². The van der Waals surface area contributed by atoms with Gasteiger partial charge in [-0.1, -0.05) is 6.07 Å². The van der Waals surface area contributed by atoms with E-state index in [1.807, 2.05) is 6.07 Å². The Balaban J connectivity index is 1.62. The van der Waals surface area contributed by atoms with Crippen LogP contribution in [0.2, 0.25) is 0 Å². The number of nitrogens with one attached hydrogen (secondary N) is 1. The highest BCUT2D eigenvalue weighted by Gasteiger charge is 2.18. The van der Waals surface area contributed by atoms with Crippen molar-refractivity contribution in [1.29, 1.82) is 0 Å². The lowest BCUT2D eigenvalue weighted by molar-refractivity contribution is 0.600. The normalized spacial score (nSPS) is 14.1. The lowest BCUT2D eigenvalue weighted by Gasteiger charge is -2.17. The molecular weight excluding hydrogens is 340 g/mol. The predicted octanol–water partition coefficient (Wildman–Crippen LogP) is 1.74. The summed E-state index contributed by atoms with van der Waals surface area (Å²) in [6, 6.07) is 6.82. The maximum Gasteiger partial charge on any atom is 0.263 e. The van der Waals surface area contributed by atoms with Gasteiger partial charge in [-0.2, -0.15) is 5.10 Å². The van der Waals surface area contributed by atoms with E-state index in [4.69, 9.17) is 0 Å². The van der Waals surface area contributed by atoms with Crippen LogP contribution >= 0.6 is 0 Å². The number of aromatic nitrogens is 5. The number of anilines is 1. The Morgan fingerprint density at radius 2 is 1.84 bits per heavy atom. The van der Waals surface area contributed by atoms with Gasteiger partial charge in [0.05, 0.1) is 4.90 Å². The van der Waals surface area contributed by atoms with Crippen LogP contribution < -0.4 is 4.72 Å². The molecule has 1 N–H and O–H groups in total. The second-order valence-electron chi connectivity index (χ2n) is 5.84. The molecule has 0 unspecified atom stereocenters. The van der Waals surface area contributed by atoms with Gasteiger partial charge in [-0.15, -0.1) is 0 Å². The third kappa shape index (κ3) is 3.22. The first-order chi connectivity index (χ1) is 12.1. The van der Waals surface area contributed by atoms with E-state index in [-0.39, 0.29) is 10.7 Å². The molecule has 0 amide bonds. The highest BCUT2D eigenvalue weighted by molar-refractivity contribution is 7.92. The van der Waals surface area contributed by atoms with Gasteiger partial charge >= 0.3 is 0 Å². The fraction of sp³-hybridized carbons (Fsp3) is 0.250. The molecular formula is C16H16N6O2S. The number of sulfonamides is 1. The van der Waals surface area contributed by atoms with Gasteiger partial charge in [0.1, 0.15) is 24.8 Å². The van der Waals surface area contributed by atoms with E-state index in [0.717, 1.165) is 31.2 Å². The molecule has 25 heavy (non-hydrogen) atoms. The molecule has 1 aromatic carbocycles. The van der Waals surface area contributed by atoms with Crippen molar-refractivity contribution in [2.75, 3.05) is 4.72 Å². The van der Waals surface area contributed by atoms with Crippen LogP contribution in [-0.2, 0) is 22.9 Å². The average molecular weight is 356 g/mol. The smallest absolute Gasteiger partial charge is 0.263 e. The molecule has 128 valence electrons. The highest BCUT2D eigenvalue weighted by Crippen LogP contribution is 2.25. The molecule has 0 spiro atoms. The van der Waals surface area contributed by atoms with E-state index in [9.17, 15) is 8.42 Å². The van der Waals surface area contributed by atoms with Crippen LogP contribution in [0.3, 0.4) is 0 Å². The van der Waals surface area contributed by atoms with Gasteiger partial charge in [0.2, 0.25) is 0 Å². The predicted molar refractivity (Wildman–Crippen MR) is 90.8 cm³/mol. The summed E-state index contributed by atoms with van der Waals surface area (Å²) in [6.45, 7) is 0. The van der Waals surface area contributed by atoms with Crippen molar-refractivity contribution in [3.63, 3.8) is 0 Å². The van der Waals surface area contributed by atoms with Crippen LogP contribution in [0.4, 0.5) is 5.82 Å². The zero-order valence-corrected chi connectivity index (χ0v) is 14.1. The van der Waals surface area contributed by atoms with Gasteiger partial charge in [-0.05, 0) is 48.9 Å². The molecule has 2 aromatic heterocycles. The van der Waals surface area contributed by atoms with Gasteiger partial charge in [-0.3, -0.25) is 4.72 Å². The van der Waals surface area contributed by atoms with Gasteiger partial charge < -0.3 is 0 Å². The Kier molecular flexibility index (Phi) is 3.92. The van der Waals surface area contributed by atoms with Crippen molar-refractivity contribution < 1.29 is 8.42 Å². The summed E-state index contributed by atoms with van der Waals surface area (Å²) in [4.78, 5) is 12.1. The van der Waals surface area contributed by atoms with Gasteiger partial charge in [0.25, 0.3) is 10.0 Å². The van der Waals surface area contributed by atoms with Crippen molar-refractivity contribution in [3.05, 3.63) is 54.4 Å². The molecule has 4 rings (SSSR count). The quantitative estimate of drug-likeness (QED) is 0.764. The van der Waals surface area contributed by atoms with Crippen LogP contribution in [0.25, 0.3) is 5.82 Å². The van der Waals surface area contributed by atoms with Crippen LogP contribution in [-0.4, -0.2) is 33.2 Å². The second kappa shape index (κ2) is 6.25. The number of benzene rings is 1. The number of hydrogen-bond acceptors (Lipinski definition) is 6. The molecule has 1 aliphatic rings. The summed E-state index contributed by atoms with van der Waals surface area (Å²) in [6.07, 6.45) is 8.31. The number of nitrogens with zero attached hydrogens (tertiary/aromatic N) is 5. The number of rotatable bonds is 4. The molecule has 1 aliphatic carbocycles. The van der Waals surface area contributed by atoms with Crippen molar-refractivity contribution in [3.8, 4) is 5.82 Å². The summed E-state index contributed by atoms with van der Waals surface area (Å²) in [7, 11) is -3.72. The van der Waals surface area contributed by atoms with Crippen molar-refractivity contribution in [2.24, 2.45) is 0 Å². The van der Waals surface area contributed by atoms with Crippen molar-refractivity contribution >= 4 is 15.8 Å². The minimum atomic E-state index is -3.72. The Morgan fingerprint density at radius 1 is 1.00 bits per heavy atom. The molecule has 9 heteroatoms. The molecule has 0 saturated carbocycles. The summed E-state index contributed by atoms with van der Waals surface area (Å²) < 4.78 is 29.3. The Labute approximate surface area is 145 Å². The van der Waals surface area contributed by atoms with Crippen molar-refractivity contribution in [2.45, 2.75) is 30.6 Å². The first-order valence-electron chi connectivity index (χ1n) is 7.93. The second-order valence-corrected chi connectivity index (χ2v) is 7.53. The third-order valence-corrected chi connectivity index (χ3v) is 5.53.